The molecule has 0 bridgehead atoms. The van der Waals surface area contributed by atoms with Gasteiger partial charge in [0.25, 0.3) is 0 Å². The van der Waals surface area contributed by atoms with Gasteiger partial charge in [0.2, 0.25) is 0 Å². The van der Waals surface area contributed by atoms with Gasteiger partial charge in [-0.3, -0.25) is 9.32 Å². The van der Waals surface area contributed by atoms with E-state index in [9.17, 15) is 9.36 Å². The number of phosphoric acid groups is 1. The monoisotopic (exact) mass is 368 g/mol. The van der Waals surface area contributed by atoms with Crippen molar-refractivity contribution < 1.29 is 33.5 Å². The third-order valence-corrected chi connectivity index (χ3v) is 4.40. The molecule has 0 saturated heterocycles. The molecule has 0 aliphatic heterocycles. The Morgan fingerprint density at radius 1 is 0.958 bits per heavy atom. The number of aliphatic carboxylic acids is 1. The molecule has 0 aliphatic rings. The summed E-state index contributed by atoms with van der Waals surface area (Å²) in [6.07, 6.45) is 4.87. The van der Waals surface area contributed by atoms with Crippen LogP contribution in [0.25, 0.3) is 0 Å². The smallest absolute Gasteiger partial charge is 0.469 e. The van der Waals surface area contributed by atoms with Gasteiger partial charge in [-0.25, -0.2) is 4.57 Å². The van der Waals surface area contributed by atoms with Gasteiger partial charge in [-0.1, -0.05) is 26.7 Å². The standard InChI is InChI=1S/C16H33O7P/c1-15(2,13-23-24(19,20)21)9-5-7-11-22-12-8-6-10-16(3,4)14(17)18/h5-13H2,1-4H3,(H,17,18)(H2,19,20,21). The first-order chi connectivity index (χ1) is 10.9. The molecule has 0 radical (unpaired) electrons. The summed E-state index contributed by atoms with van der Waals surface area (Å²) in [6.45, 7) is 8.57. The SMILES string of the molecule is CC(C)(CCCCOCCCCC(C)(C)C(=O)O)COP(=O)(O)O. The van der Waals surface area contributed by atoms with Gasteiger partial charge in [0.1, 0.15) is 0 Å². The van der Waals surface area contributed by atoms with Crippen LogP contribution < -0.4 is 0 Å². The van der Waals surface area contributed by atoms with E-state index in [2.05, 4.69) is 4.52 Å². The van der Waals surface area contributed by atoms with Crippen LogP contribution in [0.3, 0.4) is 0 Å². The van der Waals surface area contributed by atoms with Crippen LogP contribution in [0.2, 0.25) is 0 Å². The van der Waals surface area contributed by atoms with E-state index >= 15 is 0 Å². The fourth-order valence-electron chi connectivity index (χ4n) is 2.12. The Hall–Kier alpha value is -0.460. The molecule has 0 aromatic carbocycles. The molecule has 0 aromatic rings. The summed E-state index contributed by atoms with van der Waals surface area (Å²) in [5.74, 6) is -0.770. The molecule has 0 aromatic heterocycles. The van der Waals surface area contributed by atoms with E-state index in [1.54, 1.807) is 13.8 Å². The van der Waals surface area contributed by atoms with Crippen molar-refractivity contribution in [3.63, 3.8) is 0 Å². The Balaban J connectivity index is 3.60. The van der Waals surface area contributed by atoms with Crippen LogP contribution in [-0.2, 0) is 18.6 Å². The Morgan fingerprint density at radius 3 is 1.92 bits per heavy atom. The highest BCUT2D eigenvalue weighted by Crippen LogP contribution is 2.39. The summed E-state index contributed by atoms with van der Waals surface area (Å²) in [6, 6.07) is 0. The zero-order chi connectivity index (χ0) is 18.9. The van der Waals surface area contributed by atoms with Crippen molar-refractivity contribution in [2.45, 2.75) is 66.2 Å². The van der Waals surface area contributed by atoms with Crippen molar-refractivity contribution >= 4 is 13.8 Å². The fourth-order valence-corrected chi connectivity index (χ4v) is 2.64. The number of rotatable bonds is 14. The average Bonchev–Trinajstić information content (AvgIpc) is 2.42. The van der Waals surface area contributed by atoms with Gasteiger partial charge in [0.15, 0.2) is 0 Å². The topological polar surface area (TPSA) is 113 Å². The third-order valence-electron chi connectivity index (χ3n) is 3.94. The lowest BCUT2D eigenvalue weighted by Crippen LogP contribution is -2.23. The average molecular weight is 368 g/mol. The highest BCUT2D eigenvalue weighted by molar-refractivity contribution is 7.46. The first kappa shape index (κ1) is 23.5. The molecule has 7 nitrogen and oxygen atoms in total. The lowest BCUT2D eigenvalue weighted by Gasteiger charge is -2.24. The summed E-state index contributed by atoms with van der Waals surface area (Å²) in [5.41, 5.74) is -0.968. The lowest BCUT2D eigenvalue weighted by molar-refractivity contribution is -0.147. The van der Waals surface area contributed by atoms with Crippen LogP contribution in [0.1, 0.15) is 66.2 Å². The minimum absolute atomic E-state index is 0.0253. The first-order valence-corrected chi connectivity index (χ1v) is 9.90. The summed E-state index contributed by atoms with van der Waals surface area (Å²) < 4.78 is 20.8. The summed E-state index contributed by atoms with van der Waals surface area (Å²) in [5, 5.41) is 9.01. The normalized spacial score (nSPS) is 13.2. The van der Waals surface area contributed by atoms with E-state index in [0.29, 0.717) is 19.6 Å². The second-order valence-corrected chi connectivity index (χ2v) is 8.88. The predicted molar refractivity (Wildman–Crippen MR) is 91.7 cm³/mol. The van der Waals surface area contributed by atoms with Crippen LogP contribution in [0, 0.1) is 10.8 Å². The Labute approximate surface area is 145 Å². The molecular formula is C16H33O7P. The molecule has 144 valence electrons. The summed E-state index contributed by atoms with van der Waals surface area (Å²) >= 11 is 0. The van der Waals surface area contributed by atoms with E-state index in [1.807, 2.05) is 13.8 Å². The van der Waals surface area contributed by atoms with Gasteiger partial charge in [-0.2, -0.15) is 0 Å². The van der Waals surface area contributed by atoms with Crippen molar-refractivity contribution in [1.29, 1.82) is 0 Å². The van der Waals surface area contributed by atoms with Crippen LogP contribution in [0.15, 0.2) is 0 Å². The number of hydrogen-bond donors (Lipinski definition) is 3. The Bertz CT molecular complexity index is 415. The van der Waals surface area contributed by atoms with Crippen LogP contribution in [0.5, 0.6) is 0 Å². The first-order valence-electron chi connectivity index (χ1n) is 8.37. The molecular weight excluding hydrogens is 335 g/mol. The van der Waals surface area contributed by atoms with Crippen LogP contribution >= 0.6 is 7.82 Å². The highest BCUT2D eigenvalue weighted by atomic mass is 31.2. The van der Waals surface area contributed by atoms with E-state index in [1.165, 1.54) is 0 Å². The summed E-state index contributed by atoms with van der Waals surface area (Å²) in [7, 11) is -4.40. The number of carbonyl (C=O) groups is 1. The van der Waals surface area contributed by atoms with Gasteiger partial charge in [0, 0.05) is 13.2 Å². The third kappa shape index (κ3) is 12.9. The molecule has 0 unspecified atom stereocenters. The molecule has 0 aliphatic carbocycles. The van der Waals surface area contributed by atoms with E-state index in [-0.39, 0.29) is 12.0 Å². The molecule has 8 heteroatoms. The van der Waals surface area contributed by atoms with Crippen LogP contribution in [0.4, 0.5) is 0 Å². The molecule has 0 heterocycles. The minimum Gasteiger partial charge on any atom is -0.481 e. The quantitative estimate of drug-likeness (QED) is 0.317. The van der Waals surface area contributed by atoms with Crippen molar-refractivity contribution in [3.05, 3.63) is 0 Å². The van der Waals surface area contributed by atoms with Gasteiger partial charge in [-0.05, 0) is 44.9 Å². The zero-order valence-corrected chi connectivity index (χ0v) is 16.2. The maximum Gasteiger partial charge on any atom is 0.469 e. The molecule has 24 heavy (non-hydrogen) atoms. The summed E-state index contributed by atoms with van der Waals surface area (Å²) in [4.78, 5) is 28.4. The van der Waals surface area contributed by atoms with Crippen molar-refractivity contribution in [1.82, 2.24) is 0 Å². The van der Waals surface area contributed by atoms with E-state index in [0.717, 1.165) is 32.1 Å². The Kier molecular flexibility index (Phi) is 10.3. The zero-order valence-electron chi connectivity index (χ0n) is 15.3. The van der Waals surface area contributed by atoms with Crippen LogP contribution in [-0.4, -0.2) is 40.7 Å². The number of carboxylic acids is 1. The lowest BCUT2D eigenvalue weighted by atomic mass is 9.87. The van der Waals surface area contributed by atoms with Gasteiger partial charge in [-0.15, -0.1) is 0 Å². The second-order valence-electron chi connectivity index (χ2n) is 7.64. The van der Waals surface area contributed by atoms with Gasteiger partial charge in [0.05, 0.1) is 12.0 Å². The van der Waals surface area contributed by atoms with Gasteiger partial charge >= 0.3 is 13.8 Å². The predicted octanol–water partition coefficient (Wildman–Crippen LogP) is 3.59. The fraction of sp³-hybridized carbons (Fsp3) is 0.938. The maximum atomic E-state index is 11.0. The second kappa shape index (κ2) is 10.5. The number of carboxylic acid groups (broad SMARTS) is 1. The number of ether oxygens (including phenoxy) is 1. The molecule has 0 amide bonds. The molecule has 3 N–H and O–H groups in total. The molecule has 0 spiro atoms. The van der Waals surface area contributed by atoms with Gasteiger partial charge < -0.3 is 19.6 Å². The van der Waals surface area contributed by atoms with E-state index in [4.69, 9.17) is 19.6 Å². The van der Waals surface area contributed by atoms with Crippen molar-refractivity contribution in [2.24, 2.45) is 10.8 Å². The largest absolute Gasteiger partial charge is 0.481 e. The van der Waals surface area contributed by atoms with Crippen molar-refractivity contribution in [2.75, 3.05) is 19.8 Å². The molecule has 0 fully saturated rings. The highest BCUT2D eigenvalue weighted by Gasteiger charge is 2.26. The minimum atomic E-state index is -4.40. The number of unbranched alkanes of at least 4 members (excludes halogenated alkanes) is 2. The molecule has 0 rings (SSSR count). The molecule has 0 atom stereocenters. The number of hydrogen-bond acceptors (Lipinski definition) is 4. The Morgan fingerprint density at radius 2 is 1.46 bits per heavy atom. The molecule has 0 saturated carbocycles. The maximum absolute atomic E-state index is 11.0. The number of phosphoric ester groups is 1. The van der Waals surface area contributed by atoms with Crippen molar-refractivity contribution in [3.8, 4) is 0 Å². The van der Waals surface area contributed by atoms with E-state index < -0.39 is 19.2 Å².